The van der Waals surface area contributed by atoms with E-state index >= 15 is 0 Å². The molecule has 1 heteroatoms. The fourth-order valence-corrected chi connectivity index (χ4v) is 2.87. The predicted molar refractivity (Wildman–Crippen MR) is 73.1 cm³/mol. The Morgan fingerprint density at radius 2 is 1.76 bits per heavy atom. The van der Waals surface area contributed by atoms with Gasteiger partial charge in [-0.2, -0.15) is 0 Å². The molecule has 1 nitrogen and oxygen atoms in total. The molecule has 1 aliphatic carbocycles. The molecule has 0 spiro atoms. The van der Waals surface area contributed by atoms with E-state index in [0.29, 0.717) is 11.5 Å². The average Bonchev–Trinajstić information content (AvgIpc) is 3.09. The van der Waals surface area contributed by atoms with Gasteiger partial charge in [-0.05, 0) is 41.6 Å². The minimum atomic E-state index is 0.457. The predicted octanol–water partition coefficient (Wildman–Crippen LogP) is 3.90. The van der Waals surface area contributed by atoms with Gasteiger partial charge in [-0.25, -0.2) is 0 Å². The van der Waals surface area contributed by atoms with Crippen LogP contribution in [-0.2, 0) is 0 Å². The van der Waals surface area contributed by atoms with Crippen LogP contribution in [0.3, 0.4) is 0 Å². The lowest BCUT2D eigenvalue weighted by molar-refractivity contribution is 0.393. The maximum atomic E-state index is 3.51. The summed E-state index contributed by atoms with van der Waals surface area (Å²) in [5.41, 5.74) is 1.91. The van der Waals surface area contributed by atoms with E-state index in [4.69, 9.17) is 0 Å². The molecule has 0 bridgehead atoms. The first kappa shape index (κ1) is 10.8. The van der Waals surface area contributed by atoms with Crippen LogP contribution in [0.2, 0.25) is 0 Å². The minimum Gasteiger partial charge on any atom is -0.313 e. The standard InChI is InChI=1S/C16H19N/c1-16(10-11-16)15(17-2)14-9-5-7-12-6-3-4-8-13(12)14/h3-9,15,17H,10-11H2,1-2H3. The molecule has 0 heterocycles. The molecule has 0 amide bonds. The number of benzene rings is 2. The lowest BCUT2D eigenvalue weighted by atomic mass is 9.88. The van der Waals surface area contributed by atoms with Crippen LogP contribution in [0.5, 0.6) is 0 Å². The Balaban J connectivity index is 2.16. The molecule has 88 valence electrons. The second-order valence-corrected chi connectivity index (χ2v) is 5.44. The largest absolute Gasteiger partial charge is 0.313 e. The van der Waals surface area contributed by atoms with Gasteiger partial charge in [0.2, 0.25) is 0 Å². The van der Waals surface area contributed by atoms with Crippen molar-refractivity contribution in [1.29, 1.82) is 0 Å². The number of rotatable bonds is 3. The third kappa shape index (κ3) is 1.75. The van der Waals surface area contributed by atoms with E-state index in [1.165, 1.54) is 29.2 Å². The first-order valence-electron chi connectivity index (χ1n) is 6.39. The van der Waals surface area contributed by atoms with E-state index in [1.807, 2.05) is 0 Å². The van der Waals surface area contributed by atoms with Gasteiger partial charge in [0, 0.05) is 6.04 Å². The molecule has 0 aliphatic heterocycles. The van der Waals surface area contributed by atoms with Crippen molar-refractivity contribution in [3.05, 3.63) is 48.0 Å². The van der Waals surface area contributed by atoms with Gasteiger partial charge in [0.1, 0.15) is 0 Å². The molecule has 0 aromatic heterocycles. The highest BCUT2D eigenvalue weighted by Gasteiger charge is 2.45. The average molecular weight is 225 g/mol. The highest BCUT2D eigenvalue weighted by molar-refractivity contribution is 5.86. The molecule has 3 rings (SSSR count). The van der Waals surface area contributed by atoms with Gasteiger partial charge in [0.05, 0.1) is 0 Å². The van der Waals surface area contributed by atoms with Crippen molar-refractivity contribution in [2.75, 3.05) is 7.05 Å². The van der Waals surface area contributed by atoms with Crippen molar-refractivity contribution in [2.24, 2.45) is 5.41 Å². The van der Waals surface area contributed by atoms with Crippen molar-refractivity contribution in [3.8, 4) is 0 Å². The van der Waals surface area contributed by atoms with Crippen molar-refractivity contribution < 1.29 is 0 Å². The smallest absolute Gasteiger partial charge is 0.0378 e. The zero-order valence-corrected chi connectivity index (χ0v) is 10.5. The normalized spacial score (nSPS) is 19.2. The van der Waals surface area contributed by atoms with Crippen LogP contribution in [0.25, 0.3) is 10.8 Å². The molecule has 1 fully saturated rings. The summed E-state index contributed by atoms with van der Waals surface area (Å²) < 4.78 is 0. The van der Waals surface area contributed by atoms with E-state index in [2.05, 4.69) is 61.8 Å². The molecule has 1 N–H and O–H groups in total. The Kier molecular flexibility index (Phi) is 2.44. The van der Waals surface area contributed by atoms with Gasteiger partial charge < -0.3 is 5.32 Å². The zero-order valence-electron chi connectivity index (χ0n) is 10.5. The maximum Gasteiger partial charge on any atom is 0.0378 e. The molecule has 2 aromatic carbocycles. The van der Waals surface area contributed by atoms with Crippen LogP contribution in [0.15, 0.2) is 42.5 Å². The van der Waals surface area contributed by atoms with Crippen LogP contribution < -0.4 is 5.32 Å². The van der Waals surface area contributed by atoms with Gasteiger partial charge in [-0.3, -0.25) is 0 Å². The van der Waals surface area contributed by atoms with E-state index in [-0.39, 0.29) is 0 Å². The third-order valence-electron chi connectivity index (χ3n) is 4.16. The van der Waals surface area contributed by atoms with Crippen LogP contribution in [0.1, 0.15) is 31.4 Å². The number of fused-ring (bicyclic) bond motifs is 1. The summed E-state index contributed by atoms with van der Waals surface area (Å²) in [6.07, 6.45) is 2.67. The van der Waals surface area contributed by atoms with Crippen LogP contribution in [-0.4, -0.2) is 7.05 Å². The second-order valence-electron chi connectivity index (χ2n) is 5.44. The summed E-state index contributed by atoms with van der Waals surface area (Å²) in [7, 11) is 2.08. The van der Waals surface area contributed by atoms with Crippen LogP contribution in [0.4, 0.5) is 0 Å². The minimum absolute atomic E-state index is 0.457. The Labute approximate surface area is 103 Å². The molecule has 1 unspecified atom stereocenters. The summed E-state index contributed by atoms with van der Waals surface area (Å²) in [4.78, 5) is 0. The zero-order chi connectivity index (χ0) is 11.9. The first-order chi connectivity index (χ1) is 8.24. The van der Waals surface area contributed by atoms with Crippen LogP contribution >= 0.6 is 0 Å². The Hall–Kier alpha value is -1.34. The van der Waals surface area contributed by atoms with E-state index in [0.717, 1.165) is 0 Å². The van der Waals surface area contributed by atoms with Crippen molar-refractivity contribution >= 4 is 10.8 Å². The van der Waals surface area contributed by atoms with Crippen molar-refractivity contribution in [3.63, 3.8) is 0 Å². The monoisotopic (exact) mass is 225 g/mol. The molecule has 0 saturated heterocycles. The fraction of sp³-hybridized carbons (Fsp3) is 0.375. The number of hydrogen-bond donors (Lipinski definition) is 1. The van der Waals surface area contributed by atoms with Crippen molar-refractivity contribution in [2.45, 2.75) is 25.8 Å². The van der Waals surface area contributed by atoms with Gasteiger partial charge in [-0.15, -0.1) is 0 Å². The lowest BCUT2D eigenvalue weighted by Crippen LogP contribution is -2.24. The summed E-state index contributed by atoms with van der Waals surface area (Å²) in [5.74, 6) is 0. The molecule has 1 atom stereocenters. The number of hydrogen-bond acceptors (Lipinski definition) is 1. The molecule has 1 saturated carbocycles. The van der Waals surface area contributed by atoms with Gasteiger partial charge in [0.25, 0.3) is 0 Å². The van der Waals surface area contributed by atoms with E-state index in [9.17, 15) is 0 Å². The SMILES string of the molecule is CNC(c1cccc2ccccc12)C1(C)CC1. The van der Waals surface area contributed by atoms with Crippen LogP contribution in [0, 0.1) is 5.41 Å². The fourth-order valence-electron chi connectivity index (χ4n) is 2.87. The molecular weight excluding hydrogens is 206 g/mol. The Morgan fingerprint density at radius 3 is 2.47 bits per heavy atom. The summed E-state index contributed by atoms with van der Waals surface area (Å²) in [6, 6.07) is 15.8. The van der Waals surface area contributed by atoms with E-state index < -0.39 is 0 Å². The topological polar surface area (TPSA) is 12.0 Å². The van der Waals surface area contributed by atoms with Crippen molar-refractivity contribution in [1.82, 2.24) is 5.32 Å². The molecule has 2 aromatic rings. The highest BCUT2D eigenvalue weighted by Crippen LogP contribution is 2.55. The highest BCUT2D eigenvalue weighted by atomic mass is 14.9. The molecule has 0 radical (unpaired) electrons. The third-order valence-corrected chi connectivity index (χ3v) is 4.16. The molecule has 17 heavy (non-hydrogen) atoms. The Bertz CT molecular complexity index is 535. The second kappa shape index (κ2) is 3.85. The lowest BCUT2D eigenvalue weighted by Gasteiger charge is -2.25. The Morgan fingerprint density at radius 1 is 1.06 bits per heavy atom. The summed E-state index contributed by atoms with van der Waals surface area (Å²) in [5, 5.41) is 6.25. The first-order valence-corrected chi connectivity index (χ1v) is 6.39. The van der Waals surface area contributed by atoms with E-state index in [1.54, 1.807) is 0 Å². The molecule has 1 aliphatic rings. The van der Waals surface area contributed by atoms with Gasteiger partial charge in [-0.1, -0.05) is 49.4 Å². The molecular formula is C16H19N. The van der Waals surface area contributed by atoms with Gasteiger partial charge >= 0.3 is 0 Å². The maximum absolute atomic E-state index is 3.51. The number of nitrogens with one attached hydrogen (secondary N) is 1. The summed E-state index contributed by atoms with van der Waals surface area (Å²) in [6.45, 7) is 2.38. The quantitative estimate of drug-likeness (QED) is 0.835. The summed E-state index contributed by atoms with van der Waals surface area (Å²) >= 11 is 0. The van der Waals surface area contributed by atoms with Gasteiger partial charge in [0.15, 0.2) is 0 Å².